The quantitative estimate of drug-likeness (QED) is 0.446. The lowest BCUT2D eigenvalue weighted by Gasteiger charge is -2.04. The largest absolute Gasteiger partial charge is 0.431 e. The van der Waals surface area contributed by atoms with Crippen LogP contribution >= 0.6 is 11.8 Å². The molecule has 0 bridgehead atoms. The van der Waals surface area contributed by atoms with E-state index in [-0.39, 0.29) is 24.4 Å². The first-order valence-corrected chi connectivity index (χ1v) is 9.91. The molecule has 4 aromatic rings. The van der Waals surface area contributed by atoms with Gasteiger partial charge in [-0.25, -0.2) is 9.37 Å². The Labute approximate surface area is 169 Å². The van der Waals surface area contributed by atoms with Crippen molar-refractivity contribution in [3.63, 3.8) is 0 Å². The molecule has 2 aromatic carbocycles. The summed E-state index contributed by atoms with van der Waals surface area (Å²) in [4.78, 5) is 20.7. The third-order valence-corrected chi connectivity index (χ3v) is 4.90. The van der Waals surface area contributed by atoms with Crippen LogP contribution in [0.1, 0.15) is 23.7 Å². The van der Waals surface area contributed by atoms with Gasteiger partial charge in [-0.05, 0) is 36.8 Å². The Bertz CT molecular complexity index is 1160. The van der Waals surface area contributed by atoms with E-state index in [1.165, 1.54) is 23.9 Å². The normalized spacial score (nSPS) is 11.1. The number of nitrogens with zero attached hydrogens (tertiary/aromatic N) is 3. The summed E-state index contributed by atoms with van der Waals surface area (Å²) < 4.78 is 24.4. The monoisotopic (exact) mass is 412 g/mol. The predicted octanol–water partition coefficient (Wildman–Crippen LogP) is 4.52. The van der Waals surface area contributed by atoms with E-state index >= 15 is 0 Å². The van der Waals surface area contributed by atoms with Gasteiger partial charge in [0.05, 0.1) is 11.4 Å². The first kappa shape index (κ1) is 19.1. The second kappa shape index (κ2) is 8.44. The van der Waals surface area contributed by atoms with Gasteiger partial charge >= 0.3 is 0 Å². The van der Waals surface area contributed by atoms with E-state index in [0.717, 1.165) is 16.7 Å². The molecule has 1 amide bonds. The van der Waals surface area contributed by atoms with Crippen LogP contribution < -0.4 is 5.32 Å². The number of oxazole rings is 1. The molecule has 0 aliphatic rings. The van der Waals surface area contributed by atoms with Crippen molar-refractivity contribution in [2.45, 2.75) is 30.7 Å². The minimum absolute atomic E-state index is 0.105. The molecular weight excluding hydrogens is 395 g/mol. The van der Waals surface area contributed by atoms with Gasteiger partial charge in [0.25, 0.3) is 5.22 Å². The standard InChI is InChI=1S/C20H17FN4O3S/c1-12-6-7-16-15(10-12)23-20(27-16)29-11-17-24-19(28-25-17)9-8-18(26)22-14-5-3-2-4-13(14)21/h2-7,10H,8-9,11H2,1H3,(H,22,26). The third-order valence-electron chi connectivity index (χ3n) is 4.07. The number of carbonyl (C=O) groups excluding carboxylic acids is 1. The maximum atomic E-state index is 13.6. The lowest BCUT2D eigenvalue weighted by Crippen LogP contribution is -2.13. The number of hydrogen-bond acceptors (Lipinski definition) is 7. The summed E-state index contributed by atoms with van der Waals surface area (Å²) >= 11 is 1.36. The van der Waals surface area contributed by atoms with Crippen LogP contribution in [0, 0.1) is 12.7 Å². The van der Waals surface area contributed by atoms with Crippen LogP contribution in [0.5, 0.6) is 0 Å². The van der Waals surface area contributed by atoms with E-state index in [9.17, 15) is 9.18 Å². The van der Waals surface area contributed by atoms with Gasteiger partial charge in [0, 0.05) is 12.8 Å². The minimum Gasteiger partial charge on any atom is -0.431 e. The molecule has 0 fully saturated rings. The first-order chi connectivity index (χ1) is 14.1. The number of aryl methyl sites for hydroxylation is 2. The smallest absolute Gasteiger partial charge is 0.257 e. The molecule has 0 aliphatic heterocycles. The Morgan fingerprint density at radius 1 is 1.21 bits per heavy atom. The summed E-state index contributed by atoms with van der Waals surface area (Å²) in [5, 5.41) is 6.96. The minimum atomic E-state index is -0.479. The molecule has 1 N–H and O–H groups in total. The van der Waals surface area contributed by atoms with Gasteiger partial charge < -0.3 is 14.3 Å². The van der Waals surface area contributed by atoms with E-state index < -0.39 is 5.82 Å². The summed E-state index contributed by atoms with van der Waals surface area (Å²) in [6, 6.07) is 11.8. The van der Waals surface area contributed by atoms with E-state index in [1.807, 2.05) is 25.1 Å². The molecule has 2 heterocycles. The van der Waals surface area contributed by atoms with Crippen molar-refractivity contribution >= 4 is 34.5 Å². The number of halogens is 1. The molecular formula is C20H17FN4O3S. The Morgan fingerprint density at radius 2 is 2.07 bits per heavy atom. The van der Waals surface area contributed by atoms with Gasteiger partial charge in [-0.15, -0.1) is 0 Å². The Morgan fingerprint density at radius 3 is 2.93 bits per heavy atom. The SMILES string of the molecule is Cc1ccc2oc(SCc3noc(CCC(=O)Nc4ccccc4F)n3)nc2c1. The molecule has 0 atom stereocenters. The fourth-order valence-electron chi connectivity index (χ4n) is 2.65. The molecule has 0 saturated heterocycles. The van der Waals surface area contributed by atoms with Gasteiger partial charge in [0.15, 0.2) is 11.4 Å². The summed E-state index contributed by atoms with van der Waals surface area (Å²) in [5.41, 5.74) is 2.80. The van der Waals surface area contributed by atoms with E-state index in [0.29, 0.717) is 22.7 Å². The molecule has 29 heavy (non-hydrogen) atoms. The molecule has 148 valence electrons. The number of nitrogens with one attached hydrogen (secondary N) is 1. The van der Waals surface area contributed by atoms with E-state index in [1.54, 1.807) is 12.1 Å². The number of anilines is 1. The number of benzene rings is 2. The van der Waals surface area contributed by atoms with Crippen LogP contribution in [0.25, 0.3) is 11.1 Å². The second-order valence-electron chi connectivity index (χ2n) is 6.37. The molecule has 4 rings (SSSR count). The van der Waals surface area contributed by atoms with Gasteiger partial charge in [0.2, 0.25) is 11.8 Å². The van der Waals surface area contributed by atoms with Crippen molar-refractivity contribution in [3.8, 4) is 0 Å². The molecule has 0 radical (unpaired) electrons. The number of rotatable bonds is 7. The van der Waals surface area contributed by atoms with Crippen molar-refractivity contribution in [1.82, 2.24) is 15.1 Å². The predicted molar refractivity (Wildman–Crippen MR) is 106 cm³/mol. The molecule has 0 saturated carbocycles. The van der Waals surface area contributed by atoms with Crippen LogP contribution in [0.4, 0.5) is 10.1 Å². The molecule has 0 unspecified atom stereocenters. The molecule has 0 spiro atoms. The summed E-state index contributed by atoms with van der Waals surface area (Å²) in [6.45, 7) is 2.00. The van der Waals surface area contributed by atoms with Crippen LogP contribution in [0.15, 0.2) is 56.6 Å². The van der Waals surface area contributed by atoms with Crippen molar-refractivity contribution in [2.75, 3.05) is 5.32 Å². The van der Waals surface area contributed by atoms with Gasteiger partial charge in [-0.3, -0.25) is 4.79 Å². The van der Waals surface area contributed by atoms with Crippen LogP contribution in [0.2, 0.25) is 0 Å². The average molecular weight is 412 g/mol. The number of thioether (sulfide) groups is 1. The van der Waals surface area contributed by atoms with Crippen LogP contribution in [-0.2, 0) is 17.0 Å². The zero-order chi connectivity index (χ0) is 20.2. The third kappa shape index (κ3) is 4.80. The maximum Gasteiger partial charge on any atom is 0.257 e. The average Bonchev–Trinajstić information content (AvgIpc) is 3.32. The fraction of sp³-hybridized carbons (Fsp3) is 0.200. The van der Waals surface area contributed by atoms with Crippen molar-refractivity contribution < 1.29 is 18.1 Å². The molecule has 7 nitrogen and oxygen atoms in total. The first-order valence-electron chi connectivity index (χ1n) is 8.92. The van der Waals surface area contributed by atoms with Gasteiger partial charge in [0.1, 0.15) is 11.3 Å². The fourth-order valence-corrected chi connectivity index (χ4v) is 3.33. The lowest BCUT2D eigenvalue weighted by atomic mass is 10.2. The molecule has 2 aromatic heterocycles. The number of aromatic nitrogens is 3. The topological polar surface area (TPSA) is 94.0 Å². The summed E-state index contributed by atoms with van der Waals surface area (Å²) in [5.74, 6) is 0.449. The Kier molecular flexibility index (Phi) is 5.57. The maximum absolute atomic E-state index is 13.6. The van der Waals surface area contributed by atoms with Gasteiger partial charge in [-0.2, -0.15) is 4.98 Å². The van der Waals surface area contributed by atoms with Gasteiger partial charge in [-0.1, -0.05) is 35.1 Å². The number of fused-ring (bicyclic) bond motifs is 1. The highest BCUT2D eigenvalue weighted by Crippen LogP contribution is 2.26. The zero-order valence-electron chi connectivity index (χ0n) is 15.5. The number of amides is 1. The Hall–Kier alpha value is -3.20. The molecule has 0 aliphatic carbocycles. The van der Waals surface area contributed by atoms with Crippen molar-refractivity contribution in [2.24, 2.45) is 0 Å². The molecule has 9 heteroatoms. The van der Waals surface area contributed by atoms with Crippen LogP contribution in [-0.4, -0.2) is 21.0 Å². The van der Waals surface area contributed by atoms with E-state index in [2.05, 4.69) is 20.4 Å². The van der Waals surface area contributed by atoms with Crippen molar-refractivity contribution in [3.05, 3.63) is 65.6 Å². The number of hydrogen-bond donors (Lipinski definition) is 1. The number of carbonyl (C=O) groups is 1. The summed E-state index contributed by atoms with van der Waals surface area (Å²) in [7, 11) is 0. The van der Waals surface area contributed by atoms with E-state index in [4.69, 9.17) is 8.94 Å². The number of para-hydroxylation sites is 1. The highest BCUT2D eigenvalue weighted by atomic mass is 32.2. The lowest BCUT2D eigenvalue weighted by molar-refractivity contribution is -0.116. The van der Waals surface area contributed by atoms with Crippen LogP contribution in [0.3, 0.4) is 0 Å². The zero-order valence-corrected chi connectivity index (χ0v) is 16.3. The summed E-state index contributed by atoms with van der Waals surface area (Å²) in [6.07, 6.45) is 0.369. The highest BCUT2D eigenvalue weighted by Gasteiger charge is 2.13. The Balaban J connectivity index is 1.29. The van der Waals surface area contributed by atoms with Crippen molar-refractivity contribution in [1.29, 1.82) is 0 Å². The highest BCUT2D eigenvalue weighted by molar-refractivity contribution is 7.98. The second-order valence-corrected chi connectivity index (χ2v) is 7.30.